The number of rotatable bonds is 3. The van der Waals surface area contributed by atoms with Crippen LogP contribution in [0.15, 0.2) is 23.1 Å². The van der Waals surface area contributed by atoms with Gasteiger partial charge in [0.1, 0.15) is 4.90 Å². The Bertz CT molecular complexity index is 571. The van der Waals surface area contributed by atoms with Crippen LogP contribution in [0, 0.1) is 0 Å². The number of aliphatic hydroxyl groups is 1. The zero-order chi connectivity index (χ0) is 14.9. The van der Waals surface area contributed by atoms with Gasteiger partial charge in [0.05, 0.1) is 22.9 Å². The summed E-state index contributed by atoms with van der Waals surface area (Å²) in [6.45, 7) is 0. The normalized spacial score (nSPS) is 24.0. The third-order valence-electron chi connectivity index (χ3n) is 3.80. The standard InChI is InChI=1S/C13H19ClN2O3S/c1-16(11-7-2-3-8-12(11)17)20(18,19)13-9(14)5-4-6-10(13)15/h4-6,11-12,17H,2-3,7-8,15H2,1H3. The highest BCUT2D eigenvalue weighted by molar-refractivity contribution is 7.89. The third-order valence-corrected chi connectivity index (χ3v) is 6.22. The number of likely N-dealkylation sites (N-methyl/N-ethyl adjacent to an activating group) is 1. The van der Waals surface area contributed by atoms with Crippen LogP contribution in [0.1, 0.15) is 25.7 Å². The molecule has 1 aliphatic carbocycles. The summed E-state index contributed by atoms with van der Waals surface area (Å²) in [6.07, 6.45) is 2.43. The molecule has 0 aliphatic heterocycles. The number of nitrogens with two attached hydrogens (primary N) is 1. The highest BCUT2D eigenvalue weighted by atomic mass is 35.5. The van der Waals surface area contributed by atoms with Crippen molar-refractivity contribution in [3.63, 3.8) is 0 Å². The number of benzene rings is 1. The van der Waals surface area contributed by atoms with E-state index in [9.17, 15) is 13.5 Å². The molecule has 112 valence electrons. The summed E-state index contributed by atoms with van der Waals surface area (Å²) in [7, 11) is -2.35. The second-order valence-electron chi connectivity index (χ2n) is 5.10. The Hall–Kier alpha value is -0.820. The minimum atomic E-state index is -3.82. The number of nitrogen functional groups attached to an aromatic ring is 1. The zero-order valence-electron chi connectivity index (χ0n) is 11.3. The molecular weight excluding hydrogens is 300 g/mol. The van der Waals surface area contributed by atoms with Crippen LogP contribution in [0.2, 0.25) is 5.02 Å². The summed E-state index contributed by atoms with van der Waals surface area (Å²) < 4.78 is 26.5. The molecule has 2 unspecified atom stereocenters. The smallest absolute Gasteiger partial charge is 0.246 e. The van der Waals surface area contributed by atoms with Crippen LogP contribution in [0.25, 0.3) is 0 Å². The van der Waals surface area contributed by atoms with E-state index in [1.807, 2.05) is 0 Å². The van der Waals surface area contributed by atoms with E-state index in [2.05, 4.69) is 0 Å². The van der Waals surface area contributed by atoms with Crippen LogP contribution in [0.5, 0.6) is 0 Å². The van der Waals surface area contributed by atoms with Crippen LogP contribution in [-0.4, -0.2) is 37.0 Å². The molecule has 2 rings (SSSR count). The van der Waals surface area contributed by atoms with Gasteiger partial charge in [-0.15, -0.1) is 0 Å². The molecule has 1 fully saturated rings. The lowest BCUT2D eigenvalue weighted by Gasteiger charge is -2.34. The summed E-state index contributed by atoms with van der Waals surface area (Å²) in [5, 5.41) is 10.1. The molecule has 0 amide bonds. The molecule has 1 aromatic rings. The zero-order valence-corrected chi connectivity index (χ0v) is 12.9. The molecule has 0 aromatic heterocycles. The maximum atomic E-state index is 12.7. The molecule has 1 aromatic carbocycles. The molecule has 20 heavy (non-hydrogen) atoms. The van der Waals surface area contributed by atoms with Crippen LogP contribution >= 0.6 is 11.6 Å². The van der Waals surface area contributed by atoms with Crippen molar-refractivity contribution >= 4 is 27.3 Å². The third kappa shape index (κ3) is 2.79. The van der Waals surface area contributed by atoms with E-state index in [1.165, 1.54) is 23.5 Å². The monoisotopic (exact) mass is 318 g/mol. The first-order chi connectivity index (χ1) is 9.35. The van der Waals surface area contributed by atoms with Gasteiger partial charge < -0.3 is 10.8 Å². The topological polar surface area (TPSA) is 83.6 Å². The average Bonchev–Trinajstić information content (AvgIpc) is 2.38. The largest absolute Gasteiger partial charge is 0.398 e. The van der Waals surface area contributed by atoms with Gasteiger partial charge in [-0.1, -0.05) is 30.5 Å². The molecule has 0 bridgehead atoms. The first kappa shape index (κ1) is 15.6. The van der Waals surface area contributed by atoms with Crippen LogP contribution in [-0.2, 0) is 10.0 Å². The Kier molecular flexibility index (Phi) is 4.59. The van der Waals surface area contributed by atoms with Gasteiger partial charge in [-0.05, 0) is 25.0 Å². The quantitative estimate of drug-likeness (QED) is 0.833. The van der Waals surface area contributed by atoms with Crippen molar-refractivity contribution in [3.05, 3.63) is 23.2 Å². The van der Waals surface area contributed by atoms with E-state index >= 15 is 0 Å². The predicted octanol–water partition coefficient (Wildman–Crippen LogP) is 1.85. The van der Waals surface area contributed by atoms with Crippen LogP contribution in [0.4, 0.5) is 5.69 Å². The van der Waals surface area contributed by atoms with E-state index < -0.39 is 22.2 Å². The van der Waals surface area contributed by atoms with Gasteiger partial charge in [-0.3, -0.25) is 0 Å². The van der Waals surface area contributed by atoms with Crippen molar-refractivity contribution in [2.75, 3.05) is 12.8 Å². The van der Waals surface area contributed by atoms with Crippen molar-refractivity contribution in [1.29, 1.82) is 0 Å². The van der Waals surface area contributed by atoms with Crippen molar-refractivity contribution in [2.45, 2.75) is 42.7 Å². The van der Waals surface area contributed by atoms with Gasteiger partial charge in [-0.25, -0.2) is 8.42 Å². The molecule has 7 heteroatoms. The number of hydrogen-bond donors (Lipinski definition) is 2. The Morgan fingerprint density at radius 3 is 2.60 bits per heavy atom. The van der Waals surface area contributed by atoms with Gasteiger partial charge >= 0.3 is 0 Å². The predicted molar refractivity (Wildman–Crippen MR) is 79.1 cm³/mol. The molecule has 0 heterocycles. The van der Waals surface area contributed by atoms with Gasteiger partial charge in [0.25, 0.3) is 0 Å². The van der Waals surface area contributed by atoms with E-state index in [1.54, 1.807) is 6.07 Å². The van der Waals surface area contributed by atoms with Gasteiger partial charge in [-0.2, -0.15) is 4.31 Å². The summed E-state index contributed by atoms with van der Waals surface area (Å²) in [5.74, 6) is 0. The fourth-order valence-electron chi connectivity index (χ4n) is 2.64. The Morgan fingerprint density at radius 1 is 1.35 bits per heavy atom. The lowest BCUT2D eigenvalue weighted by atomic mass is 9.93. The first-order valence-corrected chi connectivity index (χ1v) is 8.37. The molecule has 0 spiro atoms. The second-order valence-corrected chi connectivity index (χ2v) is 7.44. The molecule has 3 N–H and O–H groups in total. The maximum absolute atomic E-state index is 12.7. The van der Waals surface area contributed by atoms with Crippen molar-refractivity contribution < 1.29 is 13.5 Å². The minimum absolute atomic E-state index is 0.0815. The number of anilines is 1. The Labute approximate surface area is 124 Å². The van der Waals surface area contributed by atoms with Crippen molar-refractivity contribution in [2.24, 2.45) is 0 Å². The first-order valence-electron chi connectivity index (χ1n) is 6.56. The van der Waals surface area contributed by atoms with Gasteiger partial charge in [0.2, 0.25) is 10.0 Å². The summed E-state index contributed by atoms with van der Waals surface area (Å²) in [4.78, 5) is -0.0815. The van der Waals surface area contributed by atoms with Crippen LogP contribution < -0.4 is 5.73 Å². The van der Waals surface area contributed by atoms with E-state index in [4.69, 9.17) is 17.3 Å². The van der Waals surface area contributed by atoms with Gasteiger partial charge in [0, 0.05) is 7.05 Å². The molecule has 5 nitrogen and oxygen atoms in total. The fourth-order valence-corrected chi connectivity index (χ4v) is 4.68. The number of nitrogens with zero attached hydrogens (tertiary/aromatic N) is 1. The summed E-state index contributed by atoms with van der Waals surface area (Å²) in [5.41, 5.74) is 5.88. The highest BCUT2D eigenvalue weighted by Crippen LogP contribution is 2.33. The Morgan fingerprint density at radius 2 is 2.00 bits per heavy atom. The number of aliphatic hydroxyl groups excluding tert-OH is 1. The summed E-state index contributed by atoms with van der Waals surface area (Å²) in [6, 6.07) is 4.18. The van der Waals surface area contributed by atoms with E-state index in [0.717, 1.165) is 12.8 Å². The summed E-state index contributed by atoms with van der Waals surface area (Å²) >= 11 is 5.99. The fraction of sp³-hybridized carbons (Fsp3) is 0.538. The Balaban J connectivity index is 2.39. The minimum Gasteiger partial charge on any atom is -0.398 e. The molecule has 0 radical (unpaired) electrons. The molecule has 0 saturated heterocycles. The van der Waals surface area contributed by atoms with Gasteiger partial charge in [0.15, 0.2) is 0 Å². The molecule has 1 saturated carbocycles. The lowest BCUT2D eigenvalue weighted by Crippen LogP contribution is -2.46. The number of sulfonamides is 1. The van der Waals surface area contributed by atoms with Crippen LogP contribution in [0.3, 0.4) is 0 Å². The second kappa shape index (κ2) is 5.89. The number of hydrogen-bond acceptors (Lipinski definition) is 4. The molecule has 1 aliphatic rings. The SMILES string of the molecule is CN(C1CCCCC1O)S(=O)(=O)c1c(N)cccc1Cl. The lowest BCUT2D eigenvalue weighted by molar-refractivity contribution is 0.0638. The highest BCUT2D eigenvalue weighted by Gasteiger charge is 2.36. The van der Waals surface area contributed by atoms with Crippen molar-refractivity contribution in [3.8, 4) is 0 Å². The molecular formula is C13H19ClN2O3S. The molecule has 2 atom stereocenters. The van der Waals surface area contributed by atoms with E-state index in [0.29, 0.717) is 12.8 Å². The van der Waals surface area contributed by atoms with E-state index in [-0.39, 0.29) is 15.6 Å². The maximum Gasteiger partial charge on any atom is 0.246 e. The number of halogens is 1. The van der Waals surface area contributed by atoms with Crippen molar-refractivity contribution in [1.82, 2.24) is 4.31 Å². The average molecular weight is 319 g/mol.